The third-order valence-electron chi connectivity index (χ3n) is 1.53. The highest BCUT2D eigenvalue weighted by molar-refractivity contribution is 7.80. The quantitative estimate of drug-likeness (QED) is 0.531. The van der Waals surface area contributed by atoms with E-state index in [4.69, 9.17) is 17.7 Å². The number of rotatable bonds is 1. The molecule has 0 bridgehead atoms. The molecule has 0 radical (unpaired) electrons. The lowest BCUT2D eigenvalue weighted by molar-refractivity contribution is 1.14. The van der Waals surface area contributed by atoms with Crippen molar-refractivity contribution in [3.05, 3.63) is 30.3 Å². The standard InChI is InChI=1S/C8H9N3S/c1-11(8(12)10-9)7-5-3-2-4-6-7/h2-6,9H,1H3. The molecule has 0 amide bonds. The molecular formula is C8H9N3S. The van der Waals surface area contributed by atoms with Crippen LogP contribution in [0.15, 0.2) is 35.4 Å². The van der Waals surface area contributed by atoms with Gasteiger partial charge in [0.2, 0.25) is 5.11 Å². The van der Waals surface area contributed by atoms with Gasteiger partial charge in [0.25, 0.3) is 0 Å². The third-order valence-corrected chi connectivity index (χ3v) is 1.89. The lowest BCUT2D eigenvalue weighted by atomic mass is 10.3. The van der Waals surface area contributed by atoms with Crippen molar-refractivity contribution >= 4 is 23.0 Å². The molecule has 0 heterocycles. The molecule has 1 aromatic carbocycles. The number of hydrogen-bond acceptors (Lipinski definition) is 2. The van der Waals surface area contributed by atoms with Crippen molar-refractivity contribution in [1.82, 2.24) is 0 Å². The van der Waals surface area contributed by atoms with Gasteiger partial charge in [-0.3, -0.25) is 0 Å². The average Bonchev–Trinajstić information content (AvgIpc) is 2.17. The second kappa shape index (κ2) is 3.92. The Morgan fingerprint density at radius 2 is 2.00 bits per heavy atom. The molecule has 0 saturated carbocycles. The molecule has 0 unspecified atom stereocenters. The number of anilines is 1. The summed E-state index contributed by atoms with van der Waals surface area (Å²) in [6, 6.07) is 9.59. The largest absolute Gasteiger partial charge is 0.319 e. The zero-order chi connectivity index (χ0) is 8.97. The summed E-state index contributed by atoms with van der Waals surface area (Å²) in [5, 5.41) is 3.44. The number of nitrogens with zero attached hydrogens (tertiary/aromatic N) is 2. The van der Waals surface area contributed by atoms with Crippen LogP contribution in [-0.4, -0.2) is 12.2 Å². The Hall–Kier alpha value is -1.29. The summed E-state index contributed by atoms with van der Waals surface area (Å²) in [6.45, 7) is 0. The first-order valence-corrected chi connectivity index (χ1v) is 3.86. The van der Waals surface area contributed by atoms with Crippen molar-refractivity contribution in [3.8, 4) is 0 Å². The minimum Gasteiger partial charge on any atom is -0.319 e. The van der Waals surface area contributed by atoms with Crippen molar-refractivity contribution < 1.29 is 0 Å². The van der Waals surface area contributed by atoms with Crippen LogP contribution in [0, 0.1) is 5.53 Å². The lowest BCUT2D eigenvalue weighted by Crippen LogP contribution is -2.21. The fourth-order valence-electron chi connectivity index (χ4n) is 0.837. The molecule has 0 aromatic heterocycles. The van der Waals surface area contributed by atoms with Crippen molar-refractivity contribution in [2.75, 3.05) is 11.9 Å². The van der Waals surface area contributed by atoms with E-state index in [1.54, 1.807) is 11.9 Å². The van der Waals surface area contributed by atoms with Crippen molar-refractivity contribution in [1.29, 1.82) is 5.53 Å². The summed E-state index contributed by atoms with van der Waals surface area (Å²) >= 11 is 4.83. The molecule has 1 rings (SSSR count). The Bertz CT molecular complexity index is 284. The first-order valence-electron chi connectivity index (χ1n) is 3.46. The Labute approximate surface area is 76.5 Å². The first kappa shape index (κ1) is 8.80. The first-order chi connectivity index (χ1) is 5.75. The van der Waals surface area contributed by atoms with Crippen LogP contribution in [0.1, 0.15) is 0 Å². The van der Waals surface area contributed by atoms with Gasteiger partial charge < -0.3 is 4.90 Å². The van der Waals surface area contributed by atoms with Crippen LogP contribution >= 0.6 is 12.2 Å². The smallest absolute Gasteiger partial charge is 0.219 e. The SMILES string of the molecule is CN(C(=S)N=N)c1ccccc1. The van der Waals surface area contributed by atoms with Gasteiger partial charge in [-0.15, -0.1) is 5.11 Å². The third kappa shape index (κ3) is 1.85. The summed E-state index contributed by atoms with van der Waals surface area (Å²) in [4.78, 5) is 1.68. The van der Waals surface area contributed by atoms with E-state index in [1.165, 1.54) is 0 Å². The number of hydrogen-bond donors (Lipinski definition) is 1. The summed E-state index contributed by atoms with van der Waals surface area (Å²) < 4.78 is 0. The molecule has 1 aromatic rings. The van der Waals surface area contributed by atoms with Gasteiger partial charge in [-0.2, -0.15) is 0 Å². The Balaban J connectivity index is 2.85. The van der Waals surface area contributed by atoms with E-state index in [1.807, 2.05) is 30.3 Å². The molecule has 62 valence electrons. The highest BCUT2D eigenvalue weighted by Crippen LogP contribution is 2.11. The molecule has 0 spiro atoms. The molecule has 4 heteroatoms. The van der Waals surface area contributed by atoms with Gasteiger partial charge in [0.1, 0.15) is 0 Å². The molecule has 3 nitrogen and oxygen atoms in total. The maximum atomic E-state index is 6.73. The van der Waals surface area contributed by atoms with Crippen LogP contribution < -0.4 is 4.90 Å². The Kier molecular flexibility index (Phi) is 2.88. The van der Waals surface area contributed by atoms with Crippen LogP contribution in [-0.2, 0) is 0 Å². The predicted octanol–water partition coefficient (Wildman–Crippen LogP) is 2.44. The topological polar surface area (TPSA) is 39.5 Å². The normalized spacial score (nSPS) is 9.08. The van der Waals surface area contributed by atoms with Crippen molar-refractivity contribution in [3.63, 3.8) is 0 Å². The number of benzene rings is 1. The molecule has 1 N–H and O–H groups in total. The molecule has 0 aliphatic rings. The summed E-state index contributed by atoms with van der Waals surface area (Å²) in [6.07, 6.45) is 0. The van der Waals surface area contributed by atoms with Crippen LogP contribution in [0.3, 0.4) is 0 Å². The van der Waals surface area contributed by atoms with E-state index in [-0.39, 0.29) is 5.11 Å². The highest BCUT2D eigenvalue weighted by Gasteiger charge is 2.03. The average molecular weight is 179 g/mol. The second-order valence-electron chi connectivity index (χ2n) is 2.29. The monoisotopic (exact) mass is 179 g/mol. The molecule has 12 heavy (non-hydrogen) atoms. The van der Waals surface area contributed by atoms with E-state index in [2.05, 4.69) is 5.11 Å². The molecule has 0 saturated heterocycles. The van der Waals surface area contributed by atoms with E-state index in [0.717, 1.165) is 5.69 Å². The zero-order valence-corrected chi connectivity index (χ0v) is 7.51. The van der Waals surface area contributed by atoms with Gasteiger partial charge in [0.15, 0.2) is 0 Å². The van der Waals surface area contributed by atoms with E-state index in [9.17, 15) is 0 Å². The molecule has 0 aliphatic heterocycles. The van der Waals surface area contributed by atoms with Gasteiger partial charge >= 0.3 is 0 Å². The van der Waals surface area contributed by atoms with Gasteiger partial charge in [0.05, 0.1) is 0 Å². The van der Waals surface area contributed by atoms with Crippen molar-refractivity contribution in [2.45, 2.75) is 0 Å². The molecule has 0 aliphatic carbocycles. The molecule has 0 fully saturated rings. The summed E-state index contributed by atoms with van der Waals surface area (Å²) in [5.41, 5.74) is 7.67. The van der Waals surface area contributed by atoms with Gasteiger partial charge in [0, 0.05) is 12.7 Å². The fraction of sp³-hybridized carbons (Fsp3) is 0.125. The maximum absolute atomic E-state index is 6.73. The van der Waals surface area contributed by atoms with Crippen LogP contribution in [0.5, 0.6) is 0 Å². The lowest BCUT2D eigenvalue weighted by Gasteiger charge is -2.15. The minimum absolute atomic E-state index is 0.265. The number of nitrogens with one attached hydrogen (secondary N) is 1. The Morgan fingerprint density at radius 1 is 1.42 bits per heavy atom. The predicted molar refractivity (Wildman–Crippen MR) is 52.6 cm³/mol. The zero-order valence-electron chi connectivity index (χ0n) is 6.69. The molecular weight excluding hydrogens is 170 g/mol. The second-order valence-corrected chi connectivity index (χ2v) is 2.65. The highest BCUT2D eigenvalue weighted by atomic mass is 32.1. The van der Waals surface area contributed by atoms with E-state index < -0.39 is 0 Å². The number of para-hydroxylation sites is 1. The van der Waals surface area contributed by atoms with Gasteiger partial charge in [-0.1, -0.05) is 18.2 Å². The molecule has 0 atom stereocenters. The van der Waals surface area contributed by atoms with Gasteiger partial charge in [-0.05, 0) is 24.4 Å². The van der Waals surface area contributed by atoms with Crippen LogP contribution in [0.2, 0.25) is 0 Å². The summed E-state index contributed by atoms with van der Waals surface area (Å²) in [5.74, 6) is 0. The fourth-order valence-corrected chi connectivity index (χ4v) is 0.942. The van der Waals surface area contributed by atoms with Crippen LogP contribution in [0.4, 0.5) is 5.69 Å². The van der Waals surface area contributed by atoms with E-state index >= 15 is 0 Å². The van der Waals surface area contributed by atoms with Gasteiger partial charge in [-0.25, -0.2) is 5.53 Å². The minimum atomic E-state index is 0.265. The van der Waals surface area contributed by atoms with E-state index in [0.29, 0.717) is 0 Å². The van der Waals surface area contributed by atoms with Crippen molar-refractivity contribution in [2.24, 2.45) is 5.11 Å². The van der Waals surface area contributed by atoms with Crippen LogP contribution in [0.25, 0.3) is 0 Å². The summed E-state index contributed by atoms with van der Waals surface area (Å²) in [7, 11) is 1.79. The Morgan fingerprint density at radius 3 is 2.50 bits per heavy atom. The maximum Gasteiger partial charge on any atom is 0.219 e. The number of thiocarbonyl (C=S) groups is 1.